The Morgan fingerprint density at radius 2 is 2.04 bits per heavy atom. The van der Waals surface area contributed by atoms with Gasteiger partial charge in [0, 0.05) is 35.2 Å². The lowest BCUT2D eigenvalue weighted by Crippen LogP contribution is -2.22. The summed E-state index contributed by atoms with van der Waals surface area (Å²) in [5.41, 5.74) is 3.84. The highest BCUT2D eigenvalue weighted by atomic mass is 35.5. The molecule has 1 saturated carbocycles. The topological polar surface area (TPSA) is 55.5 Å². The van der Waals surface area contributed by atoms with Gasteiger partial charge in [0.15, 0.2) is 5.78 Å². The van der Waals surface area contributed by atoms with Gasteiger partial charge in [-0.3, -0.25) is 9.79 Å². The molecule has 0 bridgehead atoms. The summed E-state index contributed by atoms with van der Waals surface area (Å²) in [7, 11) is 0. The van der Waals surface area contributed by atoms with Crippen LogP contribution in [0.1, 0.15) is 54.6 Å². The first-order chi connectivity index (χ1) is 12.7. The third-order valence-electron chi connectivity index (χ3n) is 5.40. The summed E-state index contributed by atoms with van der Waals surface area (Å²) in [5.74, 6) is 1.06. The molecule has 0 amide bonds. The van der Waals surface area contributed by atoms with E-state index in [9.17, 15) is 4.79 Å². The molecular formula is C21H21ClN2O2. The number of halogens is 1. The molecule has 2 heterocycles. The number of hydrogen-bond acceptors (Lipinski definition) is 4. The van der Waals surface area contributed by atoms with Gasteiger partial charge in [0.2, 0.25) is 0 Å². The second kappa shape index (κ2) is 7.58. The van der Waals surface area contributed by atoms with Gasteiger partial charge < -0.3 is 4.52 Å². The number of aromatic nitrogens is 1. The second-order valence-electron chi connectivity index (χ2n) is 7.14. The molecule has 1 aromatic heterocycles. The number of carbonyl (C=O) groups is 1. The van der Waals surface area contributed by atoms with Crippen molar-refractivity contribution in [1.29, 1.82) is 0 Å². The van der Waals surface area contributed by atoms with Crippen molar-refractivity contribution in [3.63, 3.8) is 0 Å². The molecule has 1 aliphatic carbocycles. The van der Waals surface area contributed by atoms with Gasteiger partial charge in [-0.2, -0.15) is 0 Å². The highest BCUT2D eigenvalue weighted by Crippen LogP contribution is 2.36. The van der Waals surface area contributed by atoms with Crippen molar-refractivity contribution in [2.45, 2.75) is 38.5 Å². The number of benzene rings is 1. The molecular weight excluding hydrogens is 348 g/mol. The van der Waals surface area contributed by atoms with Crippen LogP contribution in [0.4, 0.5) is 0 Å². The van der Waals surface area contributed by atoms with E-state index in [1.54, 1.807) is 6.07 Å². The van der Waals surface area contributed by atoms with E-state index in [4.69, 9.17) is 21.1 Å². The number of carbonyl (C=O) groups excluding carboxylic acids is 1. The van der Waals surface area contributed by atoms with E-state index >= 15 is 0 Å². The molecule has 1 fully saturated rings. The maximum Gasteiger partial charge on any atom is 0.184 e. The van der Waals surface area contributed by atoms with E-state index in [0.29, 0.717) is 24.0 Å². The predicted octanol–water partition coefficient (Wildman–Crippen LogP) is 5.59. The molecule has 0 saturated heterocycles. The van der Waals surface area contributed by atoms with Gasteiger partial charge >= 0.3 is 0 Å². The van der Waals surface area contributed by atoms with Gasteiger partial charge in [0.05, 0.1) is 5.70 Å². The normalized spacial score (nSPS) is 22.8. The zero-order chi connectivity index (χ0) is 17.9. The average molecular weight is 369 g/mol. The summed E-state index contributed by atoms with van der Waals surface area (Å²) in [6.45, 7) is 0. The lowest BCUT2D eigenvalue weighted by molar-refractivity contribution is 0.0938. The van der Waals surface area contributed by atoms with Crippen molar-refractivity contribution >= 4 is 28.8 Å². The fraction of sp³-hybridized carbons (Fsp3) is 0.381. The van der Waals surface area contributed by atoms with E-state index in [-0.39, 0.29) is 5.78 Å². The fourth-order valence-electron chi connectivity index (χ4n) is 3.96. The summed E-state index contributed by atoms with van der Waals surface area (Å²) < 4.78 is 4.76. The summed E-state index contributed by atoms with van der Waals surface area (Å²) in [5, 5.41) is 4.48. The van der Waals surface area contributed by atoms with E-state index in [1.807, 2.05) is 18.2 Å². The predicted molar refractivity (Wildman–Crippen MR) is 102 cm³/mol. The Morgan fingerprint density at radius 1 is 1.19 bits per heavy atom. The van der Waals surface area contributed by atoms with Gasteiger partial charge in [-0.15, -0.1) is 0 Å². The molecule has 2 aliphatic rings. The molecule has 2 aromatic rings. The van der Waals surface area contributed by atoms with Crippen molar-refractivity contribution in [2.24, 2.45) is 16.8 Å². The third-order valence-corrected chi connectivity index (χ3v) is 5.64. The SMILES string of the molecule is O=C(CC1CCC(C2=NC(c3cccc(Cl)c3)=CC2)CC1)c1ccon1. The van der Waals surface area contributed by atoms with Gasteiger partial charge in [-0.25, -0.2) is 0 Å². The van der Waals surface area contributed by atoms with Crippen molar-refractivity contribution in [3.05, 3.63) is 59.0 Å². The molecule has 134 valence electrons. The molecule has 4 rings (SSSR count). The molecule has 4 nitrogen and oxygen atoms in total. The third kappa shape index (κ3) is 3.80. The van der Waals surface area contributed by atoms with Crippen molar-refractivity contribution in [1.82, 2.24) is 5.16 Å². The van der Waals surface area contributed by atoms with E-state index in [0.717, 1.165) is 48.4 Å². The molecule has 0 spiro atoms. The maximum atomic E-state index is 12.2. The van der Waals surface area contributed by atoms with Crippen LogP contribution in [0.2, 0.25) is 5.02 Å². The molecule has 0 N–H and O–H groups in total. The zero-order valence-corrected chi connectivity index (χ0v) is 15.3. The van der Waals surface area contributed by atoms with Crippen LogP contribution in [0.3, 0.4) is 0 Å². The molecule has 26 heavy (non-hydrogen) atoms. The first kappa shape index (κ1) is 17.2. The summed E-state index contributed by atoms with van der Waals surface area (Å²) >= 11 is 6.09. The van der Waals surface area contributed by atoms with Crippen LogP contribution in [-0.4, -0.2) is 16.7 Å². The Morgan fingerprint density at radius 3 is 2.77 bits per heavy atom. The lowest BCUT2D eigenvalue weighted by Gasteiger charge is -2.28. The number of rotatable bonds is 5. The Balaban J connectivity index is 1.33. The van der Waals surface area contributed by atoms with Crippen LogP contribution in [0.5, 0.6) is 0 Å². The minimum atomic E-state index is 0.0883. The average Bonchev–Trinajstić information content (AvgIpc) is 3.35. The summed E-state index contributed by atoms with van der Waals surface area (Å²) in [6.07, 6.45) is 9.49. The summed E-state index contributed by atoms with van der Waals surface area (Å²) in [6, 6.07) is 9.50. The van der Waals surface area contributed by atoms with Crippen molar-refractivity contribution < 1.29 is 9.32 Å². The standard InChI is InChI=1S/C21H21ClN2O2/c22-17-3-1-2-16(13-17)19-9-8-18(23-19)15-6-4-14(5-7-15)12-21(25)20-10-11-26-24-20/h1-3,9-11,13-15H,4-8,12H2. The zero-order valence-electron chi connectivity index (χ0n) is 14.5. The maximum absolute atomic E-state index is 12.2. The Bertz CT molecular complexity index is 847. The van der Waals surface area contributed by atoms with Crippen molar-refractivity contribution in [2.75, 3.05) is 0 Å². The van der Waals surface area contributed by atoms with Crippen LogP contribution in [0.25, 0.3) is 5.70 Å². The van der Waals surface area contributed by atoms with Gasteiger partial charge in [0.25, 0.3) is 0 Å². The van der Waals surface area contributed by atoms with E-state index < -0.39 is 0 Å². The highest BCUT2D eigenvalue weighted by Gasteiger charge is 2.28. The van der Waals surface area contributed by atoms with Crippen LogP contribution >= 0.6 is 11.6 Å². The van der Waals surface area contributed by atoms with E-state index in [2.05, 4.69) is 17.3 Å². The Labute approximate surface area is 157 Å². The quantitative estimate of drug-likeness (QED) is 0.646. The highest BCUT2D eigenvalue weighted by molar-refractivity contribution is 6.30. The van der Waals surface area contributed by atoms with E-state index in [1.165, 1.54) is 12.0 Å². The first-order valence-corrected chi connectivity index (χ1v) is 9.54. The molecule has 1 aromatic carbocycles. The Hall–Kier alpha value is -2.20. The van der Waals surface area contributed by atoms with Crippen LogP contribution in [0, 0.1) is 11.8 Å². The molecule has 0 radical (unpaired) electrons. The Kier molecular flexibility index (Phi) is 5.02. The van der Waals surface area contributed by atoms with Gasteiger partial charge in [-0.05, 0) is 49.7 Å². The molecule has 0 unspecified atom stereocenters. The lowest BCUT2D eigenvalue weighted by atomic mass is 9.77. The fourth-order valence-corrected chi connectivity index (χ4v) is 4.15. The number of allylic oxidation sites excluding steroid dienone is 1. The van der Waals surface area contributed by atoms with Gasteiger partial charge in [-0.1, -0.05) is 35.0 Å². The number of hydrogen-bond donors (Lipinski definition) is 0. The van der Waals surface area contributed by atoms with Crippen LogP contribution < -0.4 is 0 Å². The summed E-state index contributed by atoms with van der Waals surface area (Å²) in [4.78, 5) is 17.1. The number of Topliss-reactive ketones (excluding diaryl/α,β-unsaturated/α-hetero) is 1. The van der Waals surface area contributed by atoms with Gasteiger partial charge in [0.1, 0.15) is 12.0 Å². The largest absolute Gasteiger partial charge is 0.364 e. The molecule has 5 heteroatoms. The minimum Gasteiger partial charge on any atom is -0.364 e. The monoisotopic (exact) mass is 368 g/mol. The van der Waals surface area contributed by atoms with Crippen molar-refractivity contribution in [3.8, 4) is 0 Å². The smallest absolute Gasteiger partial charge is 0.184 e. The number of nitrogens with zero attached hydrogens (tertiary/aromatic N) is 2. The number of aliphatic imine (C=N–C) groups is 1. The molecule has 0 atom stereocenters. The molecule has 1 aliphatic heterocycles. The van der Waals surface area contributed by atoms with Crippen LogP contribution in [0.15, 0.2) is 52.2 Å². The first-order valence-electron chi connectivity index (χ1n) is 9.16. The second-order valence-corrected chi connectivity index (χ2v) is 7.57. The van der Waals surface area contributed by atoms with Crippen LogP contribution in [-0.2, 0) is 0 Å². The minimum absolute atomic E-state index is 0.0883. The number of ketones is 1.